The lowest BCUT2D eigenvalue weighted by molar-refractivity contribution is 0.245. The molecule has 0 atom stereocenters. The molecule has 1 saturated heterocycles. The van der Waals surface area contributed by atoms with Crippen molar-refractivity contribution in [1.82, 2.24) is 9.88 Å². The fraction of sp³-hybridized carbons (Fsp3) is 0.222. The van der Waals surface area contributed by atoms with Crippen LogP contribution in [0.4, 0.5) is 5.88 Å². The van der Waals surface area contributed by atoms with Crippen LogP contribution in [0.2, 0.25) is 0 Å². The quantitative estimate of drug-likeness (QED) is 0.401. The third kappa shape index (κ3) is 4.62. The largest absolute Gasteiger partial charge is 0.419 e. The van der Waals surface area contributed by atoms with E-state index in [1.54, 1.807) is 30.3 Å². The number of sulfone groups is 1. The van der Waals surface area contributed by atoms with Crippen LogP contribution in [-0.2, 0) is 16.4 Å². The standard InChI is InChI=1S/C27H27N3O3S/c1-21-9-8-12-23(19-21)25-28-26(34(31,32)24-13-6-3-7-14-24)27(33-25)30-17-15-29(16-18-30)20-22-10-4-2-5-11-22/h2-14,19H,15-18,20H2,1H3. The number of anilines is 1. The normalized spacial score (nSPS) is 14.9. The first-order valence-electron chi connectivity index (χ1n) is 11.4. The van der Waals surface area contributed by atoms with Crippen molar-refractivity contribution in [2.24, 2.45) is 0 Å². The van der Waals surface area contributed by atoms with Gasteiger partial charge in [-0.25, -0.2) is 8.42 Å². The summed E-state index contributed by atoms with van der Waals surface area (Å²) in [5.41, 5.74) is 3.09. The first-order valence-corrected chi connectivity index (χ1v) is 12.9. The zero-order valence-electron chi connectivity index (χ0n) is 19.1. The van der Waals surface area contributed by atoms with Gasteiger partial charge in [0.2, 0.25) is 26.6 Å². The maximum Gasteiger partial charge on any atom is 0.236 e. The molecule has 1 aliphatic heterocycles. The van der Waals surface area contributed by atoms with Crippen molar-refractivity contribution in [3.8, 4) is 11.5 Å². The first kappa shape index (κ1) is 22.4. The zero-order chi connectivity index (χ0) is 23.5. The Morgan fingerprint density at radius 3 is 2.21 bits per heavy atom. The number of nitrogens with zero attached hydrogens (tertiary/aromatic N) is 3. The van der Waals surface area contributed by atoms with E-state index in [-0.39, 0.29) is 9.92 Å². The molecule has 5 rings (SSSR count). The third-order valence-corrected chi connectivity index (χ3v) is 7.73. The molecule has 6 nitrogen and oxygen atoms in total. The SMILES string of the molecule is Cc1cccc(-c2nc(S(=O)(=O)c3ccccc3)c(N3CCN(Cc4ccccc4)CC3)o2)c1. The predicted molar refractivity (Wildman–Crippen MR) is 133 cm³/mol. The van der Waals surface area contributed by atoms with Crippen molar-refractivity contribution in [2.75, 3.05) is 31.1 Å². The molecule has 2 heterocycles. The van der Waals surface area contributed by atoms with Crippen LogP contribution in [0.15, 0.2) is 99.3 Å². The Hall–Kier alpha value is -3.42. The number of oxazole rings is 1. The molecule has 174 valence electrons. The molecule has 0 saturated carbocycles. The van der Waals surface area contributed by atoms with Crippen LogP contribution in [-0.4, -0.2) is 44.5 Å². The van der Waals surface area contributed by atoms with Gasteiger partial charge in [-0.05, 0) is 36.8 Å². The third-order valence-electron chi connectivity index (χ3n) is 6.06. The fourth-order valence-electron chi connectivity index (χ4n) is 4.24. The highest BCUT2D eigenvalue weighted by Gasteiger charge is 2.32. The number of hydrogen-bond donors (Lipinski definition) is 0. The molecule has 0 aliphatic carbocycles. The molecule has 0 radical (unpaired) electrons. The van der Waals surface area contributed by atoms with E-state index in [1.165, 1.54) is 5.56 Å². The number of aryl methyl sites for hydroxylation is 1. The Morgan fingerprint density at radius 1 is 0.853 bits per heavy atom. The number of aromatic nitrogens is 1. The number of hydrogen-bond acceptors (Lipinski definition) is 6. The highest BCUT2D eigenvalue weighted by atomic mass is 32.2. The Morgan fingerprint density at radius 2 is 1.53 bits per heavy atom. The Kier molecular flexibility index (Phi) is 6.22. The molecule has 1 aliphatic rings. The van der Waals surface area contributed by atoms with Gasteiger partial charge in [-0.2, -0.15) is 4.98 Å². The van der Waals surface area contributed by atoms with E-state index in [4.69, 9.17) is 4.42 Å². The molecule has 0 spiro atoms. The minimum atomic E-state index is -3.84. The lowest BCUT2D eigenvalue weighted by Gasteiger charge is -2.34. The maximum absolute atomic E-state index is 13.6. The van der Waals surface area contributed by atoms with Crippen molar-refractivity contribution in [3.05, 3.63) is 96.1 Å². The molecule has 1 aromatic heterocycles. The van der Waals surface area contributed by atoms with Crippen LogP contribution >= 0.6 is 0 Å². The molecule has 0 amide bonds. The molecule has 1 fully saturated rings. The van der Waals surface area contributed by atoms with Gasteiger partial charge in [0.05, 0.1) is 4.90 Å². The summed E-state index contributed by atoms with van der Waals surface area (Å²) in [6, 6.07) is 26.5. The van der Waals surface area contributed by atoms with Crippen LogP contribution in [0.25, 0.3) is 11.5 Å². The van der Waals surface area contributed by atoms with Crippen LogP contribution in [0.1, 0.15) is 11.1 Å². The lowest BCUT2D eigenvalue weighted by Crippen LogP contribution is -2.46. The molecule has 7 heteroatoms. The van der Waals surface area contributed by atoms with Crippen molar-refractivity contribution in [2.45, 2.75) is 23.4 Å². The molecule has 0 unspecified atom stereocenters. The van der Waals surface area contributed by atoms with Gasteiger partial charge >= 0.3 is 0 Å². The van der Waals surface area contributed by atoms with Crippen molar-refractivity contribution >= 4 is 15.7 Å². The summed E-state index contributed by atoms with van der Waals surface area (Å²) in [4.78, 5) is 9.11. The van der Waals surface area contributed by atoms with E-state index in [2.05, 4.69) is 22.0 Å². The topological polar surface area (TPSA) is 66.7 Å². The average Bonchev–Trinajstić information content (AvgIpc) is 3.32. The van der Waals surface area contributed by atoms with Gasteiger partial charge in [-0.15, -0.1) is 0 Å². The van der Waals surface area contributed by atoms with Gasteiger partial charge in [0, 0.05) is 38.3 Å². The van der Waals surface area contributed by atoms with Gasteiger partial charge in [0.25, 0.3) is 0 Å². The minimum absolute atomic E-state index is 0.0216. The van der Waals surface area contributed by atoms with Crippen molar-refractivity contribution in [1.29, 1.82) is 0 Å². The van der Waals surface area contributed by atoms with E-state index in [0.29, 0.717) is 24.9 Å². The van der Waals surface area contributed by atoms with E-state index >= 15 is 0 Å². The summed E-state index contributed by atoms with van der Waals surface area (Å²) in [5.74, 6) is 0.639. The molecule has 4 aromatic rings. The van der Waals surface area contributed by atoms with Gasteiger partial charge in [0.15, 0.2) is 0 Å². The average molecular weight is 474 g/mol. The summed E-state index contributed by atoms with van der Waals surface area (Å²) in [5, 5.41) is -0.0216. The monoisotopic (exact) mass is 473 g/mol. The second-order valence-corrected chi connectivity index (χ2v) is 10.4. The molecular formula is C27H27N3O3S. The lowest BCUT2D eigenvalue weighted by atomic mass is 10.1. The number of rotatable bonds is 6. The first-order chi connectivity index (χ1) is 16.5. The molecule has 0 N–H and O–H groups in total. The van der Waals surface area contributed by atoms with E-state index < -0.39 is 9.84 Å². The maximum atomic E-state index is 13.6. The summed E-state index contributed by atoms with van der Waals surface area (Å²) >= 11 is 0. The van der Waals surface area contributed by atoms with Crippen LogP contribution < -0.4 is 4.90 Å². The second kappa shape index (κ2) is 9.44. The van der Waals surface area contributed by atoms with Crippen LogP contribution in [0.3, 0.4) is 0 Å². The Labute approximate surface area is 200 Å². The molecule has 34 heavy (non-hydrogen) atoms. The zero-order valence-corrected chi connectivity index (χ0v) is 19.9. The molecule has 0 bridgehead atoms. The van der Waals surface area contributed by atoms with Crippen LogP contribution in [0, 0.1) is 6.92 Å². The van der Waals surface area contributed by atoms with Gasteiger partial charge < -0.3 is 9.32 Å². The Bertz CT molecular complexity index is 1360. The van der Waals surface area contributed by atoms with Crippen molar-refractivity contribution in [3.63, 3.8) is 0 Å². The summed E-state index contributed by atoms with van der Waals surface area (Å²) in [6.07, 6.45) is 0. The number of benzene rings is 3. The van der Waals surface area contributed by atoms with E-state index in [9.17, 15) is 8.42 Å². The highest BCUT2D eigenvalue weighted by molar-refractivity contribution is 7.91. The summed E-state index contributed by atoms with van der Waals surface area (Å²) in [6.45, 7) is 5.79. The van der Waals surface area contributed by atoms with E-state index in [0.717, 1.165) is 30.8 Å². The summed E-state index contributed by atoms with van der Waals surface area (Å²) in [7, 11) is -3.84. The smallest absolute Gasteiger partial charge is 0.236 e. The number of piperazine rings is 1. The minimum Gasteiger partial charge on any atom is -0.419 e. The fourth-order valence-corrected chi connectivity index (χ4v) is 5.58. The highest BCUT2D eigenvalue weighted by Crippen LogP contribution is 2.35. The molecule has 3 aromatic carbocycles. The predicted octanol–water partition coefficient (Wildman–Crippen LogP) is 4.81. The second-order valence-electron chi connectivity index (χ2n) is 8.56. The van der Waals surface area contributed by atoms with Gasteiger partial charge in [0.1, 0.15) is 0 Å². The van der Waals surface area contributed by atoms with Crippen LogP contribution in [0.5, 0.6) is 0 Å². The molecular weight excluding hydrogens is 446 g/mol. The van der Waals surface area contributed by atoms with Gasteiger partial charge in [-0.3, -0.25) is 4.90 Å². The van der Waals surface area contributed by atoms with Crippen molar-refractivity contribution < 1.29 is 12.8 Å². The van der Waals surface area contributed by atoms with E-state index in [1.807, 2.05) is 54.3 Å². The Balaban J connectivity index is 1.46. The summed E-state index contributed by atoms with van der Waals surface area (Å²) < 4.78 is 33.3. The van der Waals surface area contributed by atoms with Gasteiger partial charge in [-0.1, -0.05) is 66.2 Å².